The fourth-order valence-electron chi connectivity index (χ4n) is 1.45. The van der Waals surface area contributed by atoms with E-state index in [1.165, 1.54) is 12.5 Å². The first-order valence-corrected chi connectivity index (χ1v) is 6.63. The number of nitrogens with one attached hydrogen (secondary N) is 3. The number of sulfonamides is 1. The predicted molar refractivity (Wildman–Crippen MR) is 61.6 cm³/mol. The zero-order chi connectivity index (χ0) is 13.2. The number of nitrogens with two attached hydrogens (primary N) is 1. The molecule has 0 bridgehead atoms. The van der Waals surface area contributed by atoms with Gasteiger partial charge >= 0.3 is 0 Å². The standard InChI is InChI=1S/C8H13N7O2S/c1-5(7-10-4-12-13-7)15-18(16,17)8-6(2-9)3-11-14-8/h3-5,15H,2,9H2,1H3,(H,11,14)(H,10,12,13). The lowest BCUT2D eigenvalue weighted by atomic mass is 10.3. The molecule has 0 saturated heterocycles. The van der Waals surface area contributed by atoms with Gasteiger partial charge in [-0.3, -0.25) is 10.2 Å². The molecular formula is C8H13N7O2S. The number of aromatic nitrogens is 5. The van der Waals surface area contributed by atoms with Crippen molar-refractivity contribution in [3.05, 3.63) is 23.9 Å². The summed E-state index contributed by atoms with van der Waals surface area (Å²) in [6.07, 6.45) is 2.69. The van der Waals surface area contributed by atoms with Gasteiger partial charge in [0.05, 0.1) is 12.2 Å². The van der Waals surface area contributed by atoms with E-state index in [9.17, 15) is 8.42 Å². The molecule has 0 amide bonds. The molecule has 0 saturated carbocycles. The van der Waals surface area contributed by atoms with Crippen molar-refractivity contribution >= 4 is 10.0 Å². The minimum absolute atomic E-state index is 0.0311. The molecule has 10 heteroatoms. The van der Waals surface area contributed by atoms with Gasteiger partial charge < -0.3 is 5.73 Å². The highest BCUT2D eigenvalue weighted by Crippen LogP contribution is 2.14. The molecule has 0 radical (unpaired) electrons. The summed E-state index contributed by atoms with van der Waals surface area (Å²) in [5, 5.41) is 12.3. The van der Waals surface area contributed by atoms with E-state index in [2.05, 4.69) is 30.1 Å². The van der Waals surface area contributed by atoms with E-state index in [-0.39, 0.29) is 11.6 Å². The third kappa shape index (κ3) is 2.39. The highest BCUT2D eigenvalue weighted by molar-refractivity contribution is 7.89. The van der Waals surface area contributed by atoms with Gasteiger partial charge in [0.25, 0.3) is 10.0 Å². The van der Waals surface area contributed by atoms with Crippen LogP contribution in [0.5, 0.6) is 0 Å². The summed E-state index contributed by atoms with van der Waals surface area (Å²) in [7, 11) is -3.72. The molecule has 2 aromatic rings. The van der Waals surface area contributed by atoms with Crippen molar-refractivity contribution in [2.24, 2.45) is 5.73 Å². The van der Waals surface area contributed by atoms with Gasteiger partial charge in [0, 0.05) is 12.1 Å². The highest BCUT2D eigenvalue weighted by atomic mass is 32.2. The quantitative estimate of drug-likeness (QED) is 0.551. The Morgan fingerprint density at radius 3 is 2.83 bits per heavy atom. The van der Waals surface area contributed by atoms with Crippen molar-refractivity contribution in [3.8, 4) is 0 Å². The molecule has 1 unspecified atom stereocenters. The maximum atomic E-state index is 12.1. The summed E-state index contributed by atoms with van der Waals surface area (Å²) in [5.74, 6) is 0.424. The van der Waals surface area contributed by atoms with Gasteiger partial charge in [-0.25, -0.2) is 13.4 Å². The first-order chi connectivity index (χ1) is 8.54. The molecule has 5 N–H and O–H groups in total. The molecular weight excluding hydrogens is 258 g/mol. The van der Waals surface area contributed by atoms with Crippen LogP contribution >= 0.6 is 0 Å². The number of rotatable bonds is 5. The second-order valence-corrected chi connectivity index (χ2v) is 5.29. The summed E-state index contributed by atoms with van der Waals surface area (Å²) in [6, 6.07) is -0.536. The Hall–Kier alpha value is -1.78. The van der Waals surface area contributed by atoms with Crippen LogP contribution in [0.4, 0.5) is 0 Å². The van der Waals surface area contributed by atoms with Crippen molar-refractivity contribution in [2.45, 2.75) is 24.5 Å². The number of H-pyrrole nitrogens is 2. The lowest BCUT2D eigenvalue weighted by Crippen LogP contribution is -2.29. The summed E-state index contributed by atoms with van der Waals surface area (Å²) in [4.78, 5) is 3.88. The van der Waals surface area contributed by atoms with E-state index in [1.54, 1.807) is 6.92 Å². The summed E-state index contributed by atoms with van der Waals surface area (Å²) < 4.78 is 26.6. The van der Waals surface area contributed by atoms with E-state index in [0.717, 1.165) is 0 Å². The third-order valence-corrected chi connectivity index (χ3v) is 3.90. The summed E-state index contributed by atoms with van der Waals surface area (Å²) in [5.41, 5.74) is 5.86. The zero-order valence-electron chi connectivity index (χ0n) is 9.58. The molecule has 9 nitrogen and oxygen atoms in total. The van der Waals surface area contributed by atoms with Gasteiger partial charge in [-0.15, -0.1) is 0 Å². The molecule has 2 heterocycles. The van der Waals surface area contributed by atoms with Crippen LogP contribution in [0, 0.1) is 0 Å². The lowest BCUT2D eigenvalue weighted by molar-refractivity contribution is 0.555. The predicted octanol–water partition coefficient (Wildman–Crippen LogP) is -0.974. The Balaban J connectivity index is 2.23. The molecule has 98 valence electrons. The van der Waals surface area contributed by atoms with Gasteiger partial charge in [0.1, 0.15) is 12.2 Å². The number of hydrogen-bond acceptors (Lipinski definition) is 6. The Labute approximate surface area is 103 Å². The normalized spacial score (nSPS) is 13.7. The second kappa shape index (κ2) is 4.84. The first-order valence-electron chi connectivity index (χ1n) is 5.14. The molecule has 0 aromatic carbocycles. The van der Waals surface area contributed by atoms with Gasteiger partial charge in [-0.1, -0.05) is 0 Å². The second-order valence-electron chi connectivity index (χ2n) is 3.64. The molecule has 2 rings (SSSR count). The van der Waals surface area contributed by atoms with Crippen LogP contribution in [0.2, 0.25) is 0 Å². The molecule has 0 fully saturated rings. The van der Waals surface area contributed by atoms with Gasteiger partial charge in [0.15, 0.2) is 5.03 Å². The molecule has 0 aliphatic rings. The van der Waals surface area contributed by atoms with Crippen molar-refractivity contribution in [3.63, 3.8) is 0 Å². The molecule has 0 spiro atoms. The van der Waals surface area contributed by atoms with Crippen LogP contribution < -0.4 is 10.5 Å². The Kier molecular flexibility index (Phi) is 3.41. The minimum Gasteiger partial charge on any atom is -0.326 e. The molecule has 0 aliphatic carbocycles. The SMILES string of the molecule is CC(NS(=O)(=O)c1[nH]ncc1CN)c1ncn[nH]1. The molecule has 18 heavy (non-hydrogen) atoms. The Bertz CT molecular complexity index is 603. The van der Waals surface area contributed by atoms with E-state index in [4.69, 9.17) is 5.73 Å². The summed E-state index contributed by atoms with van der Waals surface area (Å²) >= 11 is 0. The average molecular weight is 271 g/mol. The Morgan fingerprint density at radius 2 is 2.22 bits per heavy atom. The van der Waals surface area contributed by atoms with Crippen LogP contribution in [-0.4, -0.2) is 33.8 Å². The Morgan fingerprint density at radius 1 is 1.44 bits per heavy atom. The third-order valence-electron chi connectivity index (χ3n) is 2.34. The fourth-order valence-corrected chi connectivity index (χ4v) is 2.80. The van der Waals surface area contributed by atoms with Crippen LogP contribution in [0.15, 0.2) is 17.6 Å². The number of hydrogen-bond donors (Lipinski definition) is 4. The van der Waals surface area contributed by atoms with E-state index < -0.39 is 16.1 Å². The van der Waals surface area contributed by atoms with Crippen molar-refractivity contribution < 1.29 is 8.42 Å². The van der Waals surface area contributed by atoms with Gasteiger partial charge in [0.2, 0.25) is 0 Å². The van der Waals surface area contributed by atoms with E-state index in [0.29, 0.717) is 11.4 Å². The maximum absolute atomic E-state index is 12.1. The molecule has 1 atom stereocenters. The smallest absolute Gasteiger partial charge is 0.258 e. The van der Waals surface area contributed by atoms with E-state index >= 15 is 0 Å². The van der Waals surface area contributed by atoms with Crippen LogP contribution in [-0.2, 0) is 16.6 Å². The van der Waals surface area contributed by atoms with Gasteiger partial charge in [-0.2, -0.15) is 14.9 Å². The minimum atomic E-state index is -3.72. The zero-order valence-corrected chi connectivity index (χ0v) is 10.4. The average Bonchev–Trinajstić information content (AvgIpc) is 2.99. The first kappa shape index (κ1) is 12.7. The van der Waals surface area contributed by atoms with Gasteiger partial charge in [-0.05, 0) is 6.92 Å². The monoisotopic (exact) mass is 271 g/mol. The van der Waals surface area contributed by atoms with E-state index in [1.807, 2.05) is 0 Å². The van der Waals surface area contributed by atoms with Crippen LogP contribution in [0.1, 0.15) is 24.4 Å². The number of aromatic amines is 2. The topological polar surface area (TPSA) is 142 Å². The fraction of sp³-hybridized carbons (Fsp3) is 0.375. The molecule has 0 aliphatic heterocycles. The van der Waals surface area contributed by atoms with Crippen LogP contribution in [0.25, 0.3) is 0 Å². The largest absolute Gasteiger partial charge is 0.326 e. The van der Waals surface area contributed by atoms with Crippen molar-refractivity contribution in [1.29, 1.82) is 0 Å². The maximum Gasteiger partial charge on any atom is 0.258 e. The van der Waals surface area contributed by atoms with Crippen LogP contribution in [0.3, 0.4) is 0 Å². The lowest BCUT2D eigenvalue weighted by Gasteiger charge is -2.11. The van der Waals surface area contributed by atoms with Crippen molar-refractivity contribution in [2.75, 3.05) is 0 Å². The molecule has 2 aromatic heterocycles. The van der Waals surface area contributed by atoms with Crippen molar-refractivity contribution in [1.82, 2.24) is 30.1 Å². The highest BCUT2D eigenvalue weighted by Gasteiger charge is 2.23. The summed E-state index contributed by atoms with van der Waals surface area (Å²) in [6.45, 7) is 1.74. The number of nitrogens with zero attached hydrogens (tertiary/aromatic N) is 3.